The van der Waals surface area contributed by atoms with E-state index in [2.05, 4.69) is 44.8 Å². The maximum Gasteiger partial charge on any atom is 0.241 e. The minimum absolute atomic E-state index is 0.116. The summed E-state index contributed by atoms with van der Waals surface area (Å²) >= 11 is 3.42. The molecule has 2 aromatic rings. The maximum atomic E-state index is 9.06. The summed E-state index contributed by atoms with van der Waals surface area (Å²) in [7, 11) is 0. The van der Waals surface area contributed by atoms with E-state index in [1.165, 1.54) is 0 Å². The second-order valence-corrected chi connectivity index (χ2v) is 5.73. The highest BCUT2D eigenvalue weighted by Gasteiger charge is 2.15. The lowest BCUT2D eigenvalue weighted by Gasteiger charge is -2.23. The first-order valence-corrected chi connectivity index (χ1v) is 7.33. The monoisotopic (exact) mass is 339 g/mol. The Morgan fingerprint density at radius 2 is 2.20 bits per heavy atom. The summed E-state index contributed by atoms with van der Waals surface area (Å²) in [5.41, 5.74) is 0.910. The smallest absolute Gasteiger partial charge is 0.241 e. The summed E-state index contributed by atoms with van der Waals surface area (Å²) in [6.45, 7) is 5.39. The van der Waals surface area contributed by atoms with E-state index in [0.717, 1.165) is 10.0 Å². The minimum atomic E-state index is 0.116. The van der Waals surface area contributed by atoms with Crippen LogP contribution in [0.4, 0.5) is 0 Å². The second kappa shape index (κ2) is 6.97. The van der Waals surface area contributed by atoms with E-state index in [-0.39, 0.29) is 6.61 Å². The Kier molecular flexibility index (Phi) is 5.28. The van der Waals surface area contributed by atoms with E-state index in [9.17, 15) is 0 Å². The highest BCUT2D eigenvalue weighted by Crippen LogP contribution is 2.20. The van der Waals surface area contributed by atoms with E-state index >= 15 is 0 Å². The molecule has 0 fully saturated rings. The van der Waals surface area contributed by atoms with Gasteiger partial charge in [0.2, 0.25) is 11.7 Å². The summed E-state index contributed by atoms with van der Waals surface area (Å²) in [4.78, 5) is 6.49. The highest BCUT2D eigenvalue weighted by atomic mass is 79.9. The molecule has 0 radical (unpaired) electrons. The van der Waals surface area contributed by atoms with Crippen LogP contribution in [-0.4, -0.2) is 39.3 Å². The van der Waals surface area contributed by atoms with Gasteiger partial charge < -0.3 is 9.63 Å². The zero-order chi connectivity index (χ0) is 14.5. The van der Waals surface area contributed by atoms with Crippen molar-refractivity contribution in [2.75, 3.05) is 13.2 Å². The normalized spacial score (nSPS) is 11.5. The molecular formula is C14H18BrN3O2. The molecule has 1 aromatic carbocycles. The largest absolute Gasteiger partial charge is 0.395 e. The van der Waals surface area contributed by atoms with Gasteiger partial charge in [0.15, 0.2) is 0 Å². The van der Waals surface area contributed by atoms with Crippen LogP contribution in [0.3, 0.4) is 0 Å². The van der Waals surface area contributed by atoms with Crippen LogP contribution in [0.15, 0.2) is 33.3 Å². The lowest BCUT2D eigenvalue weighted by molar-refractivity contribution is 0.144. The first kappa shape index (κ1) is 15.2. The fraction of sp³-hybridized carbons (Fsp3) is 0.429. The van der Waals surface area contributed by atoms with Crippen molar-refractivity contribution in [3.8, 4) is 11.4 Å². The van der Waals surface area contributed by atoms with Crippen molar-refractivity contribution >= 4 is 15.9 Å². The fourth-order valence-corrected chi connectivity index (χ4v) is 2.29. The molecule has 0 aliphatic rings. The number of rotatable bonds is 6. The predicted octanol–water partition coefficient (Wildman–Crippen LogP) is 2.70. The Balaban J connectivity index is 2.12. The fourth-order valence-electron chi connectivity index (χ4n) is 1.89. The SMILES string of the molecule is CC(C)N(CCO)Cc1nc(-c2cccc(Br)c2)no1. The van der Waals surface area contributed by atoms with Gasteiger partial charge in [-0.15, -0.1) is 0 Å². The first-order chi connectivity index (χ1) is 9.60. The van der Waals surface area contributed by atoms with Gasteiger partial charge in [-0.1, -0.05) is 33.2 Å². The van der Waals surface area contributed by atoms with E-state index in [4.69, 9.17) is 9.63 Å². The molecule has 0 aliphatic heterocycles. The van der Waals surface area contributed by atoms with Crippen LogP contribution in [0.25, 0.3) is 11.4 Å². The van der Waals surface area contributed by atoms with Crippen molar-refractivity contribution in [3.05, 3.63) is 34.6 Å². The Morgan fingerprint density at radius 1 is 1.40 bits per heavy atom. The van der Waals surface area contributed by atoms with Crippen molar-refractivity contribution in [1.29, 1.82) is 0 Å². The third-order valence-corrected chi connectivity index (χ3v) is 3.50. The Hall–Kier alpha value is -1.24. The highest BCUT2D eigenvalue weighted by molar-refractivity contribution is 9.10. The van der Waals surface area contributed by atoms with E-state index in [1.54, 1.807) is 0 Å². The zero-order valence-corrected chi connectivity index (χ0v) is 13.2. The molecule has 5 nitrogen and oxygen atoms in total. The van der Waals surface area contributed by atoms with Crippen LogP contribution >= 0.6 is 15.9 Å². The lowest BCUT2D eigenvalue weighted by Crippen LogP contribution is -2.33. The molecule has 1 heterocycles. The van der Waals surface area contributed by atoms with Crippen LogP contribution in [0.1, 0.15) is 19.7 Å². The molecule has 0 saturated heterocycles. The average Bonchev–Trinajstić information content (AvgIpc) is 2.87. The number of hydrogen-bond donors (Lipinski definition) is 1. The van der Waals surface area contributed by atoms with Gasteiger partial charge in [-0.3, -0.25) is 4.90 Å². The number of hydrogen-bond acceptors (Lipinski definition) is 5. The molecule has 0 saturated carbocycles. The molecule has 20 heavy (non-hydrogen) atoms. The van der Waals surface area contributed by atoms with E-state index in [1.807, 2.05) is 24.3 Å². The average molecular weight is 340 g/mol. The summed E-state index contributed by atoms with van der Waals surface area (Å²) < 4.78 is 6.26. The number of aliphatic hydroxyl groups is 1. The Morgan fingerprint density at radius 3 is 2.85 bits per heavy atom. The quantitative estimate of drug-likeness (QED) is 0.876. The van der Waals surface area contributed by atoms with Crippen molar-refractivity contribution < 1.29 is 9.63 Å². The Labute approximate surface area is 126 Å². The van der Waals surface area contributed by atoms with Crippen LogP contribution < -0.4 is 0 Å². The molecule has 0 bridgehead atoms. The molecule has 0 unspecified atom stereocenters. The van der Waals surface area contributed by atoms with Crippen LogP contribution in [-0.2, 0) is 6.54 Å². The first-order valence-electron chi connectivity index (χ1n) is 6.53. The second-order valence-electron chi connectivity index (χ2n) is 4.81. The molecule has 0 atom stereocenters. The van der Waals surface area contributed by atoms with Crippen molar-refractivity contribution in [1.82, 2.24) is 15.0 Å². The number of halogens is 1. The third kappa shape index (κ3) is 3.88. The molecular weight excluding hydrogens is 322 g/mol. The molecule has 1 N–H and O–H groups in total. The molecule has 0 spiro atoms. The molecule has 0 aliphatic carbocycles. The predicted molar refractivity (Wildman–Crippen MR) is 80.1 cm³/mol. The van der Waals surface area contributed by atoms with Crippen LogP contribution in [0.2, 0.25) is 0 Å². The molecule has 6 heteroatoms. The van der Waals surface area contributed by atoms with Crippen LogP contribution in [0, 0.1) is 0 Å². The molecule has 2 rings (SSSR count). The summed E-state index contributed by atoms with van der Waals surface area (Å²) in [5.74, 6) is 1.14. The van der Waals surface area contributed by atoms with Gasteiger partial charge >= 0.3 is 0 Å². The summed E-state index contributed by atoms with van der Waals surface area (Å²) in [6, 6.07) is 8.08. The van der Waals surface area contributed by atoms with E-state index in [0.29, 0.717) is 30.8 Å². The number of aliphatic hydroxyl groups excluding tert-OH is 1. The van der Waals surface area contributed by atoms with Gasteiger partial charge in [-0.2, -0.15) is 4.98 Å². The van der Waals surface area contributed by atoms with Gasteiger partial charge in [0, 0.05) is 22.6 Å². The zero-order valence-electron chi connectivity index (χ0n) is 11.6. The van der Waals surface area contributed by atoms with Crippen molar-refractivity contribution in [2.45, 2.75) is 26.4 Å². The number of aromatic nitrogens is 2. The van der Waals surface area contributed by atoms with Gasteiger partial charge in [0.1, 0.15) is 0 Å². The third-order valence-electron chi connectivity index (χ3n) is 3.01. The molecule has 108 valence electrons. The van der Waals surface area contributed by atoms with Crippen LogP contribution in [0.5, 0.6) is 0 Å². The number of nitrogens with zero attached hydrogens (tertiary/aromatic N) is 3. The Bertz CT molecular complexity index is 557. The van der Waals surface area contributed by atoms with Crippen molar-refractivity contribution in [3.63, 3.8) is 0 Å². The lowest BCUT2D eigenvalue weighted by atomic mass is 10.2. The summed E-state index contributed by atoms with van der Waals surface area (Å²) in [6.07, 6.45) is 0. The minimum Gasteiger partial charge on any atom is -0.395 e. The van der Waals surface area contributed by atoms with Crippen molar-refractivity contribution in [2.24, 2.45) is 0 Å². The summed E-state index contributed by atoms with van der Waals surface area (Å²) in [5, 5.41) is 13.1. The number of benzene rings is 1. The molecule has 0 amide bonds. The maximum absolute atomic E-state index is 9.06. The topological polar surface area (TPSA) is 62.4 Å². The van der Waals surface area contributed by atoms with Gasteiger partial charge in [0.05, 0.1) is 13.2 Å². The van der Waals surface area contributed by atoms with Gasteiger partial charge in [-0.25, -0.2) is 0 Å². The van der Waals surface area contributed by atoms with Gasteiger partial charge in [0.25, 0.3) is 0 Å². The molecule has 1 aromatic heterocycles. The standard InChI is InChI=1S/C14H18BrN3O2/c1-10(2)18(6-7-19)9-13-16-14(17-20-13)11-4-3-5-12(15)8-11/h3-5,8,10,19H,6-7,9H2,1-2H3. The van der Waals surface area contributed by atoms with Gasteiger partial charge in [-0.05, 0) is 26.0 Å². The van der Waals surface area contributed by atoms with E-state index < -0.39 is 0 Å².